The van der Waals surface area contributed by atoms with Crippen molar-refractivity contribution in [2.24, 2.45) is 20.5 Å². The largest absolute Gasteiger partial charge is 0.323 e. The van der Waals surface area contributed by atoms with Crippen molar-refractivity contribution in [3.8, 4) is 0 Å². The molecule has 6 N–H and O–H groups in total. The first-order valence-corrected chi connectivity index (χ1v) is 21.9. The highest BCUT2D eigenvalue weighted by atomic mass is 32.2. The summed E-state index contributed by atoms with van der Waals surface area (Å²) in [5.74, 6) is 0. The highest BCUT2D eigenvalue weighted by molar-refractivity contribution is 7.87. The van der Waals surface area contributed by atoms with Crippen molar-refractivity contribution in [1.82, 2.24) is 0 Å². The van der Waals surface area contributed by atoms with Crippen molar-refractivity contribution >= 4 is 102 Å². The number of aryl methyl sites for hydroxylation is 2. The molecule has 0 aliphatic carbocycles. The zero-order valence-electron chi connectivity index (χ0n) is 29.6. The first-order valence-electron chi connectivity index (χ1n) is 16.1. The van der Waals surface area contributed by atoms with Crippen molar-refractivity contribution in [3.63, 3.8) is 0 Å². The Morgan fingerprint density at radius 2 is 0.845 bits per heavy atom. The molecule has 0 bridgehead atoms. The molecular weight excluding hydrogens is 841 g/mol. The van der Waals surface area contributed by atoms with E-state index in [1.807, 2.05) is 0 Å². The molecule has 0 unspecified atom stereocenters. The van der Waals surface area contributed by atoms with Crippen LogP contribution in [0.3, 0.4) is 0 Å². The first-order chi connectivity index (χ1) is 27.0. The molecule has 0 aliphatic rings. The number of anilines is 2. The molecule has 0 atom stereocenters. The number of fused-ring (bicyclic) bond motifs is 2. The van der Waals surface area contributed by atoms with Gasteiger partial charge in [-0.2, -0.15) is 54.1 Å². The fourth-order valence-electron chi connectivity index (χ4n) is 5.63. The molecule has 0 heterocycles. The molecule has 6 rings (SSSR count). The van der Waals surface area contributed by atoms with Crippen LogP contribution in [-0.4, -0.2) is 57.9 Å². The topological polar surface area (TPSA) is 308 Å². The van der Waals surface area contributed by atoms with Crippen LogP contribution in [0.25, 0.3) is 21.5 Å². The lowest BCUT2D eigenvalue weighted by atomic mass is 10.1. The minimum atomic E-state index is -4.90. The van der Waals surface area contributed by atoms with Gasteiger partial charge < -0.3 is 10.6 Å². The predicted octanol–water partition coefficient (Wildman–Crippen LogP) is 8.07. The maximum Gasteiger partial charge on any atom is 0.323 e. The minimum absolute atomic E-state index is 0.0639. The Morgan fingerprint density at radius 1 is 0.466 bits per heavy atom. The molecule has 6 aromatic rings. The normalized spacial score (nSPS) is 12.8. The number of hydrogen-bond donors (Lipinski definition) is 6. The molecule has 0 radical (unpaired) electrons. The molecule has 300 valence electrons. The van der Waals surface area contributed by atoms with Gasteiger partial charge in [-0.15, -0.1) is 0 Å². The lowest BCUT2D eigenvalue weighted by Gasteiger charge is -2.10. The van der Waals surface area contributed by atoms with Gasteiger partial charge in [0.15, 0.2) is 0 Å². The monoisotopic (exact) mass is 868 g/mol. The summed E-state index contributed by atoms with van der Waals surface area (Å²) in [6.07, 6.45) is 0. The maximum atomic E-state index is 12.8. The lowest BCUT2D eigenvalue weighted by molar-refractivity contribution is 0.262. The molecule has 23 heteroatoms. The molecule has 0 fully saturated rings. The smallest absolute Gasteiger partial charge is 0.308 e. The van der Waals surface area contributed by atoms with Gasteiger partial charge >= 0.3 is 6.03 Å². The van der Waals surface area contributed by atoms with Crippen molar-refractivity contribution in [3.05, 3.63) is 108 Å². The summed E-state index contributed by atoms with van der Waals surface area (Å²) in [4.78, 5) is 9.89. The Morgan fingerprint density at radius 3 is 1.17 bits per heavy atom. The number of azo groups is 2. The standard InChI is InChI=1S/C35H28N6O13S4/c1-19-11-23(7-9-31(19)40-38-25-5-3-21-13-27(55(43,44)45)17-33(29(21)15-25)57(49,50)51)36-35(42)37-24-8-10-32(20(2)12-24)41-39-26-6-4-22-14-28(56(46,47)48)18-34(30(22)16-26)58(52,53)54/h3-18H,1-2H3,(H2,36,37,42)(H,43,44,45)(H,46,47,48)(H,49,50,51)(H,52,53,54). The summed E-state index contributed by atoms with van der Waals surface area (Å²) in [5.41, 5.74) is 3.06. The van der Waals surface area contributed by atoms with E-state index in [2.05, 4.69) is 31.1 Å². The van der Waals surface area contributed by atoms with E-state index in [1.165, 1.54) is 36.4 Å². The van der Waals surface area contributed by atoms with Gasteiger partial charge in [0.05, 0.1) is 32.5 Å². The van der Waals surface area contributed by atoms with E-state index in [-0.39, 0.29) is 32.9 Å². The summed E-state index contributed by atoms with van der Waals surface area (Å²) < 4.78 is 133. The summed E-state index contributed by atoms with van der Waals surface area (Å²) in [6.45, 7) is 3.40. The van der Waals surface area contributed by atoms with E-state index in [0.717, 1.165) is 12.1 Å². The van der Waals surface area contributed by atoms with Crippen LogP contribution in [0.4, 0.5) is 38.9 Å². The van der Waals surface area contributed by atoms with Gasteiger partial charge in [0.25, 0.3) is 40.5 Å². The average molecular weight is 869 g/mol. The maximum absolute atomic E-state index is 12.8. The molecular formula is C35H28N6O13S4. The third-order valence-electron chi connectivity index (χ3n) is 8.35. The highest BCUT2D eigenvalue weighted by Gasteiger charge is 2.22. The van der Waals surface area contributed by atoms with Crippen LogP contribution >= 0.6 is 0 Å². The van der Waals surface area contributed by atoms with Crippen LogP contribution in [0.1, 0.15) is 11.1 Å². The summed E-state index contributed by atoms with van der Waals surface area (Å²) in [6, 6.07) is 20.3. The molecule has 19 nitrogen and oxygen atoms in total. The third-order valence-corrected chi connectivity index (χ3v) is 11.8. The first kappa shape index (κ1) is 41.6. The summed E-state index contributed by atoms with van der Waals surface area (Å²) in [7, 11) is -19.4. The van der Waals surface area contributed by atoms with Crippen molar-refractivity contribution in [2.75, 3.05) is 10.6 Å². The SMILES string of the molecule is Cc1cc(NC(=O)Nc2ccc(N=Nc3ccc4cc(S(=O)(=O)O)cc(S(=O)(=O)O)c4c3)c(C)c2)ccc1N=Nc1ccc2cc(S(=O)(=O)O)cc(S(=O)(=O)O)c2c1. The van der Waals surface area contributed by atoms with E-state index >= 15 is 0 Å². The molecule has 0 aromatic heterocycles. The lowest BCUT2D eigenvalue weighted by Crippen LogP contribution is -2.19. The fraction of sp³-hybridized carbons (Fsp3) is 0.0571. The zero-order chi connectivity index (χ0) is 42.4. The number of benzene rings is 6. The Balaban J connectivity index is 1.13. The van der Waals surface area contributed by atoms with Crippen molar-refractivity contribution < 1.29 is 56.7 Å². The van der Waals surface area contributed by atoms with E-state index < -0.39 is 66.1 Å². The van der Waals surface area contributed by atoms with Gasteiger partial charge in [0, 0.05) is 22.1 Å². The second kappa shape index (κ2) is 15.4. The number of rotatable bonds is 10. The van der Waals surface area contributed by atoms with Crippen molar-refractivity contribution in [2.45, 2.75) is 33.4 Å². The van der Waals surface area contributed by atoms with Crippen LogP contribution in [0, 0.1) is 13.8 Å². The quantitative estimate of drug-likeness (QED) is 0.0561. The summed E-state index contributed by atoms with van der Waals surface area (Å²) >= 11 is 0. The molecule has 0 saturated heterocycles. The fourth-order valence-corrected chi connectivity index (χ4v) is 8.32. The molecule has 2 amide bonds. The number of carbonyl (C=O) groups excluding carboxylic acids is 1. The minimum Gasteiger partial charge on any atom is -0.308 e. The molecule has 0 aliphatic heterocycles. The number of nitrogens with zero attached hydrogens (tertiary/aromatic N) is 4. The van der Waals surface area contributed by atoms with Gasteiger partial charge in [0.1, 0.15) is 9.79 Å². The Labute approximate surface area is 330 Å². The van der Waals surface area contributed by atoms with Crippen LogP contribution in [-0.2, 0) is 40.5 Å². The molecule has 6 aromatic carbocycles. The van der Waals surface area contributed by atoms with Crippen LogP contribution in [0.2, 0.25) is 0 Å². The molecule has 0 spiro atoms. The summed E-state index contributed by atoms with van der Waals surface area (Å²) in [5, 5.41) is 22.0. The highest BCUT2D eigenvalue weighted by Crippen LogP contribution is 2.34. The number of urea groups is 1. The number of carbonyl (C=O) groups is 1. The second-order valence-corrected chi connectivity index (χ2v) is 18.2. The average Bonchev–Trinajstić information content (AvgIpc) is 3.11. The van der Waals surface area contributed by atoms with Gasteiger partial charge in [0.2, 0.25) is 0 Å². The van der Waals surface area contributed by atoms with E-state index in [4.69, 9.17) is 0 Å². The van der Waals surface area contributed by atoms with Crippen molar-refractivity contribution in [1.29, 1.82) is 0 Å². The van der Waals surface area contributed by atoms with E-state index in [0.29, 0.717) is 46.0 Å². The van der Waals surface area contributed by atoms with Gasteiger partial charge in [-0.25, -0.2) is 4.79 Å². The molecule has 58 heavy (non-hydrogen) atoms. The van der Waals surface area contributed by atoms with Crippen LogP contribution in [0.15, 0.2) is 137 Å². The van der Waals surface area contributed by atoms with Gasteiger partial charge in [-0.3, -0.25) is 18.2 Å². The van der Waals surface area contributed by atoms with Gasteiger partial charge in [-0.1, -0.05) is 12.1 Å². The number of hydrogen-bond acceptors (Lipinski definition) is 13. The third kappa shape index (κ3) is 9.55. The van der Waals surface area contributed by atoms with E-state index in [1.54, 1.807) is 50.2 Å². The molecule has 0 saturated carbocycles. The van der Waals surface area contributed by atoms with E-state index in [9.17, 15) is 56.7 Å². The Hall–Kier alpha value is -6.05. The Kier molecular flexibility index (Phi) is 11.0. The van der Waals surface area contributed by atoms with Crippen LogP contribution < -0.4 is 10.6 Å². The zero-order valence-corrected chi connectivity index (χ0v) is 32.9. The Bertz CT molecular complexity index is 3010. The number of amides is 2. The number of nitrogens with one attached hydrogen (secondary N) is 2. The second-order valence-electron chi connectivity index (χ2n) is 12.5. The van der Waals surface area contributed by atoms with Gasteiger partial charge in [-0.05, 0) is 121 Å². The van der Waals surface area contributed by atoms with Crippen LogP contribution in [0.5, 0.6) is 0 Å². The predicted molar refractivity (Wildman–Crippen MR) is 211 cm³/mol.